The molecule has 0 spiro atoms. The number of aromatic amines is 2. The number of rotatable bonds is 3. The first-order valence-electron chi connectivity index (χ1n) is 7.92. The van der Waals surface area contributed by atoms with Gasteiger partial charge in [-0.15, -0.1) is 0 Å². The zero-order chi connectivity index (χ0) is 19.0. The maximum Gasteiger partial charge on any atom is 0.256 e. The molecule has 3 aromatic rings. The van der Waals surface area contributed by atoms with E-state index in [1.54, 1.807) is 26.0 Å². The molecule has 0 aliphatic carbocycles. The minimum absolute atomic E-state index is 0.00616. The van der Waals surface area contributed by atoms with Gasteiger partial charge in [-0.05, 0) is 37.6 Å². The van der Waals surface area contributed by atoms with Gasteiger partial charge >= 0.3 is 0 Å². The van der Waals surface area contributed by atoms with Crippen LogP contribution < -0.4 is 11.1 Å². The molecule has 1 atom stereocenters. The first kappa shape index (κ1) is 17.3. The summed E-state index contributed by atoms with van der Waals surface area (Å²) in [5, 5.41) is 30.7. The fraction of sp³-hybridized carbons (Fsp3) is 0.158. The number of aromatic nitrogens is 2. The van der Waals surface area contributed by atoms with Gasteiger partial charge in [-0.1, -0.05) is 12.1 Å². The van der Waals surface area contributed by atoms with Crippen molar-refractivity contribution in [3.05, 3.63) is 85.2 Å². The van der Waals surface area contributed by atoms with E-state index in [1.807, 2.05) is 0 Å². The molecule has 26 heavy (non-hydrogen) atoms. The van der Waals surface area contributed by atoms with Gasteiger partial charge in [-0.3, -0.25) is 9.59 Å². The highest BCUT2D eigenvalue weighted by Gasteiger charge is 2.28. The lowest BCUT2D eigenvalue weighted by atomic mass is 9.83. The molecule has 5 N–H and O–H groups in total. The third-order valence-corrected chi connectivity index (χ3v) is 4.22. The molecule has 7 heteroatoms. The predicted molar refractivity (Wildman–Crippen MR) is 96.0 cm³/mol. The number of nitrogens with one attached hydrogen (secondary N) is 2. The maximum atomic E-state index is 12.6. The van der Waals surface area contributed by atoms with Crippen molar-refractivity contribution in [3.8, 4) is 17.2 Å². The summed E-state index contributed by atoms with van der Waals surface area (Å²) in [6.07, 6.45) is 0. The second-order valence-corrected chi connectivity index (χ2v) is 6.17. The van der Waals surface area contributed by atoms with Crippen molar-refractivity contribution in [3.63, 3.8) is 0 Å². The number of aromatic hydroxyl groups is 3. The zero-order valence-corrected chi connectivity index (χ0v) is 14.2. The molecule has 0 saturated carbocycles. The summed E-state index contributed by atoms with van der Waals surface area (Å²) < 4.78 is 0. The van der Waals surface area contributed by atoms with Crippen molar-refractivity contribution < 1.29 is 15.3 Å². The van der Waals surface area contributed by atoms with Crippen molar-refractivity contribution >= 4 is 0 Å². The molecule has 7 nitrogen and oxygen atoms in total. The number of phenolic OH excluding ortho intramolecular Hbond substituents is 1. The summed E-state index contributed by atoms with van der Waals surface area (Å²) in [6.45, 7) is 3.22. The number of hydrogen-bond acceptors (Lipinski definition) is 5. The van der Waals surface area contributed by atoms with E-state index < -0.39 is 17.0 Å². The average molecular weight is 354 g/mol. The quantitative estimate of drug-likeness (QED) is 0.491. The summed E-state index contributed by atoms with van der Waals surface area (Å²) >= 11 is 0. The minimum Gasteiger partial charge on any atom is -0.508 e. The number of hydrogen-bond donors (Lipinski definition) is 5. The molecular formula is C19H18N2O5. The standard InChI is InChI=1S/C19H18N2O5/c1-9-6-13(23)18(19(26)20-9)17(11-4-3-5-12(22)7-11)16-10(2)21-15(25)8-14(16)24/h3-8,17,22H,1-2H3,(H2,20,23,26)(H2,21,24,25). The number of aryl methyl sites for hydroxylation is 2. The molecule has 0 amide bonds. The fourth-order valence-electron chi connectivity index (χ4n) is 3.19. The minimum atomic E-state index is -0.900. The van der Waals surface area contributed by atoms with Gasteiger partial charge < -0.3 is 25.3 Å². The largest absolute Gasteiger partial charge is 0.508 e. The summed E-state index contributed by atoms with van der Waals surface area (Å²) in [4.78, 5) is 29.4. The van der Waals surface area contributed by atoms with Crippen LogP contribution in [0.4, 0.5) is 0 Å². The van der Waals surface area contributed by atoms with Gasteiger partial charge in [0.05, 0.1) is 5.56 Å². The first-order valence-corrected chi connectivity index (χ1v) is 7.92. The van der Waals surface area contributed by atoms with Gasteiger partial charge in [0.2, 0.25) is 0 Å². The Balaban J connectivity index is 2.40. The lowest BCUT2D eigenvalue weighted by molar-refractivity contribution is 0.453. The Bertz CT molecular complexity index is 1070. The Kier molecular flexibility index (Phi) is 4.29. The van der Waals surface area contributed by atoms with E-state index in [4.69, 9.17) is 0 Å². The van der Waals surface area contributed by atoms with Crippen LogP contribution in [0, 0.1) is 13.8 Å². The van der Waals surface area contributed by atoms with Crippen LogP contribution in [-0.2, 0) is 0 Å². The number of benzene rings is 1. The summed E-state index contributed by atoms with van der Waals surface area (Å²) in [5.74, 6) is -1.48. The number of pyridine rings is 2. The van der Waals surface area contributed by atoms with Crippen molar-refractivity contribution in [2.45, 2.75) is 19.8 Å². The Labute approximate surface area is 148 Å². The molecule has 1 aromatic carbocycles. The Morgan fingerprint density at radius 1 is 0.885 bits per heavy atom. The molecule has 0 bridgehead atoms. The van der Waals surface area contributed by atoms with Gasteiger partial charge in [-0.25, -0.2) is 0 Å². The van der Waals surface area contributed by atoms with Crippen LogP contribution >= 0.6 is 0 Å². The molecule has 134 valence electrons. The number of phenols is 1. The Morgan fingerprint density at radius 2 is 1.58 bits per heavy atom. The van der Waals surface area contributed by atoms with Crippen LogP contribution in [0.2, 0.25) is 0 Å². The van der Waals surface area contributed by atoms with E-state index in [0.29, 0.717) is 17.0 Å². The van der Waals surface area contributed by atoms with E-state index in [-0.39, 0.29) is 28.4 Å². The molecule has 0 radical (unpaired) electrons. The Morgan fingerprint density at radius 3 is 2.19 bits per heavy atom. The van der Waals surface area contributed by atoms with Crippen molar-refractivity contribution in [1.82, 2.24) is 9.97 Å². The highest BCUT2D eigenvalue weighted by atomic mass is 16.3. The van der Waals surface area contributed by atoms with Crippen LogP contribution in [0.3, 0.4) is 0 Å². The highest BCUT2D eigenvalue weighted by Crippen LogP contribution is 2.40. The zero-order valence-electron chi connectivity index (χ0n) is 14.2. The molecule has 2 aromatic heterocycles. The number of H-pyrrole nitrogens is 2. The molecule has 2 heterocycles. The Hall–Kier alpha value is -3.48. The first-order chi connectivity index (χ1) is 12.3. The van der Waals surface area contributed by atoms with Gasteiger partial charge in [0.1, 0.15) is 17.2 Å². The predicted octanol–water partition coefficient (Wildman–Crippen LogP) is 1.98. The van der Waals surface area contributed by atoms with Crippen LogP contribution in [0.15, 0.2) is 46.0 Å². The fourth-order valence-corrected chi connectivity index (χ4v) is 3.19. The lowest BCUT2D eigenvalue weighted by Crippen LogP contribution is -2.21. The molecule has 0 saturated heterocycles. The smallest absolute Gasteiger partial charge is 0.256 e. The maximum absolute atomic E-state index is 12.6. The third-order valence-electron chi connectivity index (χ3n) is 4.22. The summed E-state index contributed by atoms with van der Waals surface area (Å²) in [5.41, 5.74) is 0.559. The van der Waals surface area contributed by atoms with Crippen molar-refractivity contribution in [1.29, 1.82) is 0 Å². The van der Waals surface area contributed by atoms with Gasteiger partial charge in [0, 0.05) is 28.9 Å². The van der Waals surface area contributed by atoms with E-state index in [9.17, 15) is 24.9 Å². The van der Waals surface area contributed by atoms with E-state index in [1.165, 1.54) is 18.2 Å². The van der Waals surface area contributed by atoms with Crippen LogP contribution in [-0.4, -0.2) is 25.3 Å². The molecule has 0 fully saturated rings. The molecule has 3 rings (SSSR count). The van der Waals surface area contributed by atoms with Gasteiger partial charge in [0.25, 0.3) is 11.1 Å². The topological polar surface area (TPSA) is 126 Å². The lowest BCUT2D eigenvalue weighted by Gasteiger charge is -2.22. The second-order valence-electron chi connectivity index (χ2n) is 6.17. The summed E-state index contributed by atoms with van der Waals surface area (Å²) in [6, 6.07) is 8.58. The molecule has 0 aliphatic heterocycles. The van der Waals surface area contributed by atoms with Crippen molar-refractivity contribution in [2.24, 2.45) is 0 Å². The van der Waals surface area contributed by atoms with Crippen molar-refractivity contribution in [2.75, 3.05) is 0 Å². The third kappa shape index (κ3) is 3.06. The highest BCUT2D eigenvalue weighted by molar-refractivity contribution is 5.54. The second kappa shape index (κ2) is 6.44. The monoisotopic (exact) mass is 354 g/mol. The van der Waals surface area contributed by atoms with E-state index in [0.717, 1.165) is 6.07 Å². The van der Waals surface area contributed by atoms with Gasteiger partial charge in [0.15, 0.2) is 0 Å². The van der Waals surface area contributed by atoms with Gasteiger partial charge in [-0.2, -0.15) is 0 Å². The van der Waals surface area contributed by atoms with Crippen LogP contribution in [0.1, 0.15) is 34.0 Å². The normalized spacial score (nSPS) is 12.1. The molecular weight excluding hydrogens is 336 g/mol. The van der Waals surface area contributed by atoms with Crippen LogP contribution in [0.25, 0.3) is 0 Å². The van der Waals surface area contributed by atoms with E-state index in [2.05, 4.69) is 9.97 Å². The average Bonchev–Trinajstić information content (AvgIpc) is 2.51. The van der Waals surface area contributed by atoms with E-state index >= 15 is 0 Å². The van der Waals surface area contributed by atoms with Crippen LogP contribution in [0.5, 0.6) is 17.2 Å². The molecule has 1 unspecified atom stereocenters. The SMILES string of the molecule is Cc1cc(O)c(C(c2cccc(O)c2)c2c(O)cc(=O)[nH]c2C)c(=O)[nH]1. The summed E-state index contributed by atoms with van der Waals surface area (Å²) in [7, 11) is 0. The molecule has 0 aliphatic rings.